The third-order valence-corrected chi connectivity index (χ3v) is 7.83. The Hall–Kier alpha value is -2.17. The fourth-order valence-electron chi connectivity index (χ4n) is 6.25. The predicted molar refractivity (Wildman–Crippen MR) is 171 cm³/mol. The summed E-state index contributed by atoms with van der Waals surface area (Å²) in [5, 5.41) is 0. The molecule has 0 aliphatic heterocycles. The van der Waals surface area contributed by atoms with Gasteiger partial charge in [-0.25, -0.2) is 0 Å². The Labute approximate surface area is 231 Å². The molecule has 1 heteroatoms. The summed E-state index contributed by atoms with van der Waals surface area (Å²) in [4.78, 5) is 0. The van der Waals surface area contributed by atoms with Gasteiger partial charge in [-0.3, -0.25) is 0 Å². The maximum atomic E-state index is 2.42. The molecule has 0 spiro atoms. The van der Waals surface area contributed by atoms with Crippen LogP contribution in [0.2, 0.25) is 0 Å². The molecule has 2 aromatic rings. The molecule has 200 valence electrons. The Morgan fingerprint density at radius 1 is 0.541 bits per heavy atom. The number of rotatable bonds is 10. The molecule has 0 aromatic heterocycles. The SMILES string of the molecule is CCCc1ccccc1C1(CCC)C=CC=CC1.CCCc1ccccc1C1(CCC)C=CC=CC1.P. The summed E-state index contributed by atoms with van der Waals surface area (Å²) >= 11 is 0. The Morgan fingerprint density at radius 2 is 0.946 bits per heavy atom. The highest BCUT2D eigenvalue weighted by atomic mass is 31.0. The van der Waals surface area contributed by atoms with E-state index in [0.29, 0.717) is 0 Å². The van der Waals surface area contributed by atoms with E-state index in [-0.39, 0.29) is 20.7 Å². The molecule has 0 heterocycles. The van der Waals surface area contributed by atoms with Crippen LogP contribution in [0.1, 0.15) is 101 Å². The van der Waals surface area contributed by atoms with Crippen molar-refractivity contribution in [3.63, 3.8) is 0 Å². The van der Waals surface area contributed by atoms with Crippen LogP contribution < -0.4 is 0 Å². The minimum atomic E-state index is 0. The van der Waals surface area contributed by atoms with Gasteiger partial charge in [0, 0.05) is 10.8 Å². The van der Waals surface area contributed by atoms with Gasteiger partial charge >= 0.3 is 0 Å². The van der Waals surface area contributed by atoms with E-state index in [0.717, 1.165) is 12.8 Å². The van der Waals surface area contributed by atoms with E-state index in [9.17, 15) is 0 Å². The van der Waals surface area contributed by atoms with Crippen molar-refractivity contribution in [3.05, 3.63) is 119 Å². The van der Waals surface area contributed by atoms with Crippen LogP contribution in [0.5, 0.6) is 0 Å². The molecule has 0 fully saturated rings. The minimum absolute atomic E-state index is 0. The third-order valence-electron chi connectivity index (χ3n) is 7.83. The first kappa shape index (κ1) is 31.1. The molecule has 0 saturated heterocycles. The molecule has 37 heavy (non-hydrogen) atoms. The zero-order chi connectivity index (χ0) is 25.7. The average molecular weight is 515 g/mol. The average Bonchev–Trinajstić information content (AvgIpc) is 2.91. The molecule has 2 aliphatic carbocycles. The molecule has 0 saturated carbocycles. The lowest BCUT2D eigenvalue weighted by molar-refractivity contribution is 0.480. The summed E-state index contributed by atoms with van der Waals surface area (Å²) < 4.78 is 0. The predicted octanol–water partition coefficient (Wildman–Crippen LogP) is 10.4. The smallest absolute Gasteiger partial charge is 0.0172 e. The molecule has 0 N–H and O–H groups in total. The Morgan fingerprint density at radius 3 is 1.27 bits per heavy atom. The Balaban J connectivity index is 0.000000253. The zero-order valence-electron chi connectivity index (χ0n) is 24.0. The van der Waals surface area contributed by atoms with Crippen molar-refractivity contribution in [2.45, 2.75) is 103 Å². The van der Waals surface area contributed by atoms with Crippen LogP contribution in [-0.2, 0) is 23.7 Å². The van der Waals surface area contributed by atoms with Crippen LogP contribution in [0.3, 0.4) is 0 Å². The van der Waals surface area contributed by atoms with E-state index < -0.39 is 0 Å². The quantitative estimate of drug-likeness (QED) is 0.277. The van der Waals surface area contributed by atoms with Crippen LogP contribution in [0, 0.1) is 0 Å². The van der Waals surface area contributed by atoms with Gasteiger partial charge in [0.2, 0.25) is 0 Å². The highest BCUT2D eigenvalue weighted by Gasteiger charge is 2.31. The van der Waals surface area contributed by atoms with Gasteiger partial charge in [-0.05, 0) is 60.8 Å². The molecular weight excluding hydrogens is 463 g/mol. The first-order valence-corrected chi connectivity index (χ1v) is 14.5. The van der Waals surface area contributed by atoms with Gasteiger partial charge in [-0.15, -0.1) is 0 Å². The fourth-order valence-corrected chi connectivity index (χ4v) is 6.25. The van der Waals surface area contributed by atoms with Gasteiger partial charge in [0.25, 0.3) is 0 Å². The van der Waals surface area contributed by atoms with Crippen LogP contribution in [0.25, 0.3) is 0 Å². The largest absolute Gasteiger partial charge is 0.153 e. The first-order valence-electron chi connectivity index (χ1n) is 14.5. The lowest BCUT2D eigenvalue weighted by atomic mass is 9.70. The van der Waals surface area contributed by atoms with Crippen LogP contribution in [-0.4, -0.2) is 0 Å². The molecule has 3 atom stereocenters. The fraction of sp³-hybridized carbons (Fsp3) is 0.444. The summed E-state index contributed by atoms with van der Waals surface area (Å²) in [6.45, 7) is 9.10. The second-order valence-electron chi connectivity index (χ2n) is 10.6. The molecule has 2 aromatic carbocycles. The van der Waals surface area contributed by atoms with Crippen molar-refractivity contribution in [3.8, 4) is 0 Å². The molecule has 0 amide bonds. The summed E-state index contributed by atoms with van der Waals surface area (Å²) in [6.07, 6.45) is 30.4. The molecule has 0 nitrogen and oxygen atoms in total. The van der Waals surface area contributed by atoms with E-state index in [2.05, 4.69) is 125 Å². The molecule has 2 aliphatic rings. The van der Waals surface area contributed by atoms with Gasteiger partial charge in [-0.1, -0.05) is 151 Å². The topological polar surface area (TPSA) is 0 Å². The Bertz CT molecular complexity index is 970. The van der Waals surface area contributed by atoms with E-state index in [1.807, 2.05) is 0 Å². The van der Waals surface area contributed by atoms with Crippen LogP contribution in [0.15, 0.2) is 97.1 Å². The van der Waals surface area contributed by atoms with Crippen molar-refractivity contribution in [2.75, 3.05) is 0 Å². The lowest BCUT2D eigenvalue weighted by Gasteiger charge is -2.33. The summed E-state index contributed by atoms with van der Waals surface area (Å²) in [7, 11) is 0. The maximum Gasteiger partial charge on any atom is 0.0172 e. The summed E-state index contributed by atoms with van der Waals surface area (Å²) in [6, 6.07) is 18.0. The standard InChI is InChI=1S/2C18H24.H3P/c2*1-3-10-16-11-6-7-12-17(16)18(13-4-2)14-8-5-9-15-18;/h2*5-9,11-12,14H,3-4,10,13,15H2,1-2H3;1H3. The number of aryl methyl sites for hydroxylation is 2. The van der Waals surface area contributed by atoms with Gasteiger partial charge in [0.15, 0.2) is 0 Å². The molecule has 3 unspecified atom stereocenters. The number of hydrogen-bond donors (Lipinski definition) is 0. The monoisotopic (exact) mass is 514 g/mol. The number of benzene rings is 2. The second kappa shape index (κ2) is 15.9. The third kappa shape index (κ3) is 7.91. The minimum Gasteiger partial charge on any atom is -0.153 e. The van der Waals surface area contributed by atoms with Crippen molar-refractivity contribution in [1.29, 1.82) is 0 Å². The second-order valence-corrected chi connectivity index (χ2v) is 10.6. The van der Waals surface area contributed by atoms with Crippen molar-refractivity contribution < 1.29 is 0 Å². The summed E-state index contributed by atoms with van der Waals surface area (Å²) in [5.74, 6) is 0. The highest BCUT2D eigenvalue weighted by molar-refractivity contribution is 6.92. The molecule has 4 rings (SSSR count). The number of allylic oxidation sites excluding steroid dienone is 8. The van der Waals surface area contributed by atoms with Crippen molar-refractivity contribution in [1.82, 2.24) is 0 Å². The van der Waals surface area contributed by atoms with Gasteiger partial charge in [0.1, 0.15) is 0 Å². The normalized spacial score (nSPS) is 21.7. The molecule has 0 radical (unpaired) electrons. The molecule has 0 bridgehead atoms. The van der Waals surface area contributed by atoms with E-state index in [1.165, 1.54) is 62.5 Å². The van der Waals surface area contributed by atoms with Crippen molar-refractivity contribution >= 4 is 9.90 Å². The number of hydrogen-bond acceptors (Lipinski definition) is 0. The van der Waals surface area contributed by atoms with Crippen LogP contribution in [0.4, 0.5) is 0 Å². The summed E-state index contributed by atoms with van der Waals surface area (Å²) in [5.41, 5.74) is 6.66. The van der Waals surface area contributed by atoms with Gasteiger partial charge < -0.3 is 0 Å². The highest BCUT2D eigenvalue weighted by Crippen LogP contribution is 2.40. The van der Waals surface area contributed by atoms with E-state index in [4.69, 9.17) is 0 Å². The van der Waals surface area contributed by atoms with E-state index >= 15 is 0 Å². The lowest BCUT2D eigenvalue weighted by Crippen LogP contribution is -2.25. The van der Waals surface area contributed by atoms with Crippen molar-refractivity contribution in [2.24, 2.45) is 0 Å². The van der Waals surface area contributed by atoms with Gasteiger partial charge in [-0.2, -0.15) is 9.90 Å². The van der Waals surface area contributed by atoms with Crippen LogP contribution >= 0.6 is 9.90 Å². The van der Waals surface area contributed by atoms with Gasteiger partial charge in [0.05, 0.1) is 0 Å². The molecular formula is C36H51P. The maximum absolute atomic E-state index is 2.42. The Kier molecular flexibility index (Phi) is 13.4. The first-order chi connectivity index (χ1) is 17.6. The zero-order valence-corrected chi connectivity index (χ0v) is 25.4. The van der Waals surface area contributed by atoms with E-state index in [1.54, 1.807) is 11.1 Å².